The molecule has 1 amide bonds. The molecule has 28 heavy (non-hydrogen) atoms. The Hall–Kier alpha value is -2.77. The quantitative estimate of drug-likeness (QED) is 0.391. The fourth-order valence-corrected chi connectivity index (χ4v) is 4.20. The molecule has 0 unspecified atom stereocenters. The van der Waals surface area contributed by atoms with Crippen LogP contribution in [0.3, 0.4) is 0 Å². The van der Waals surface area contributed by atoms with Crippen LogP contribution in [0, 0.1) is 0 Å². The third kappa shape index (κ3) is 3.39. The van der Waals surface area contributed by atoms with Gasteiger partial charge in [-0.15, -0.1) is 0 Å². The summed E-state index contributed by atoms with van der Waals surface area (Å²) >= 11 is 6.58. The molecule has 1 aliphatic rings. The lowest BCUT2D eigenvalue weighted by Gasteiger charge is -2.05. The number of aromatic hydroxyl groups is 1. The van der Waals surface area contributed by atoms with Gasteiger partial charge in [0, 0.05) is 40.3 Å². The monoisotopic (exact) mass is 498 g/mol. The molecule has 2 N–H and O–H groups in total. The molecule has 0 saturated carbocycles. The number of anilines is 1. The van der Waals surface area contributed by atoms with Crippen molar-refractivity contribution in [3.05, 3.63) is 86.1 Å². The molecule has 0 saturated heterocycles. The maximum atomic E-state index is 12.7. The average Bonchev–Trinajstić information content (AvgIpc) is 3.00. The van der Waals surface area contributed by atoms with Crippen molar-refractivity contribution < 1.29 is 14.7 Å². The fraction of sp³-hybridized carbons (Fsp3) is 0. The van der Waals surface area contributed by atoms with Crippen LogP contribution >= 0.6 is 31.9 Å². The Labute approximate surface area is 177 Å². The van der Waals surface area contributed by atoms with Gasteiger partial charge in [0.1, 0.15) is 5.75 Å². The summed E-state index contributed by atoms with van der Waals surface area (Å²) in [4.78, 5) is 29.1. The number of fused-ring (bicyclic) bond motifs is 1. The van der Waals surface area contributed by atoms with E-state index in [2.05, 4.69) is 42.2 Å². The summed E-state index contributed by atoms with van der Waals surface area (Å²) in [6, 6.07) is 11.9. The highest BCUT2D eigenvalue weighted by Gasteiger charge is 2.25. The van der Waals surface area contributed by atoms with Crippen molar-refractivity contribution in [2.45, 2.75) is 0 Å². The Bertz CT molecular complexity index is 1130. The van der Waals surface area contributed by atoms with E-state index in [1.54, 1.807) is 60.9 Å². The molecule has 7 heteroatoms. The second-order valence-corrected chi connectivity index (χ2v) is 7.88. The van der Waals surface area contributed by atoms with Crippen molar-refractivity contribution in [2.24, 2.45) is 0 Å². The molecule has 3 aromatic rings. The molecule has 2 aromatic carbocycles. The lowest BCUT2D eigenvalue weighted by atomic mass is 9.98. The van der Waals surface area contributed by atoms with Crippen LogP contribution in [0.2, 0.25) is 0 Å². The number of rotatable bonds is 3. The number of ketones is 1. The molecular weight excluding hydrogens is 488 g/mol. The molecule has 2 heterocycles. The summed E-state index contributed by atoms with van der Waals surface area (Å²) in [6.07, 6.45) is 4.85. The van der Waals surface area contributed by atoms with Crippen LogP contribution in [-0.2, 0) is 4.79 Å². The van der Waals surface area contributed by atoms with E-state index in [9.17, 15) is 14.7 Å². The van der Waals surface area contributed by atoms with Crippen molar-refractivity contribution >= 4 is 60.9 Å². The van der Waals surface area contributed by atoms with Crippen LogP contribution in [0.5, 0.6) is 5.75 Å². The van der Waals surface area contributed by atoms with Gasteiger partial charge in [0.05, 0.1) is 8.95 Å². The number of hydrogen-bond acceptors (Lipinski definition) is 4. The molecule has 138 valence electrons. The summed E-state index contributed by atoms with van der Waals surface area (Å²) in [5.74, 6) is -0.300. The predicted molar refractivity (Wildman–Crippen MR) is 114 cm³/mol. The van der Waals surface area contributed by atoms with E-state index in [0.29, 0.717) is 36.9 Å². The molecule has 0 fully saturated rings. The van der Waals surface area contributed by atoms with Gasteiger partial charge in [-0.25, -0.2) is 0 Å². The summed E-state index contributed by atoms with van der Waals surface area (Å²) in [7, 11) is 0. The maximum absolute atomic E-state index is 12.7. The Morgan fingerprint density at radius 1 is 1.00 bits per heavy atom. The highest BCUT2D eigenvalue weighted by molar-refractivity contribution is 9.11. The lowest BCUT2D eigenvalue weighted by molar-refractivity contribution is -0.110. The van der Waals surface area contributed by atoms with Gasteiger partial charge in [0.25, 0.3) is 5.91 Å². The Morgan fingerprint density at radius 3 is 2.36 bits per heavy atom. The number of hydrogen-bond donors (Lipinski definition) is 2. The minimum Gasteiger partial charge on any atom is -0.506 e. The summed E-state index contributed by atoms with van der Waals surface area (Å²) in [5.41, 5.74) is 3.50. The van der Waals surface area contributed by atoms with Crippen LogP contribution in [-0.4, -0.2) is 21.8 Å². The summed E-state index contributed by atoms with van der Waals surface area (Å²) in [6.45, 7) is 0. The van der Waals surface area contributed by atoms with Gasteiger partial charge in [-0.3, -0.25) is 14.6 Å². The Balaban J connectivity index is 1.77. The number of halogens is 2. The van der Waals surface area contributed by atoms with Crippen LogP contribution in [0.1, 0.15) is 27.0 Å². The zero-order chi connectivity index (χ0) is 19.8. The minimum atomic E-state index is -0.246. The third-order valence-electron chi connectivity index (χ3n) is 4.36. The molecule has 0 bridgehead atoms. The van der Waals surface area contributed by atoms with E-state index in [-0.39, 0.29) is 17.4 Å². The topological polar surface area (TPSA) is 79.3 Å². The zero-order valence-electron chi connectivity index (χ0n) is 14.2. The predicted octanol–water partition coefficient (Wildman–Crippen LogP) is 5.04. The molecule has 0 atom stereocenters. The molecule has 4 rings (SSSR count). The van der Waals surface area contributed by atoms with E-state index in [0.717, 1.165) is 5.56 Å². The van der Waals surface area contributed by atoms with Crippen molar-refractivity contribution in [2.75, 3.05) is 5.32 Å². The SMILES string of the molecule is O=C1Nc2ccc(C(=O)c3ccncc3)cc2C1=Cc1cc(Br)c(O)c(Br)c1. The number of benzene rings is 2. The number of amides is 1. The first-order valence-electron chi connectivity index (χ1n) is 8.24. The first-order valence-corrected chi connectivity index (χ1v) is 9.83. The van der Waals surface area contributed by atoms with Crippen LogP contribution < -0.4 is 5.32 Å². The first-order chi connectivity index (χ1) is 13.4. The number of nitrogens with one attached hydrogen (secondary N) is 1. The van der Waals surface area contributed by atoms with E-state index in [4.69, 9.17) is 0 Å². The highest BCUT2D eigenvalue weighted by Crippen LogP contribution is 2.37. The van der Waals surface area contributed by atoms with Crippen molar-refractivity contribution in [3.63, 3.8) is 0 Å². The third-order valence-corrected chi connectivity index (χ3v) is 5.57. The Kier molecular flexibility index (Phi) is 4.87. The molecule has 0 radical (unpaired) electrons. The van der Waals surface area contributed by atoms with Crippen molar-refractivity contribution in [1.82, 2.24) is 4.98 Å². The maximum Gasteiger partial charge on any atom is 0.256 e. The molecule has 1 aromatic heterocycles. The molecule has 0 aliphatic carbocycles. The number of pyridine rings is 1. The standard InChI is InChI=1S/C21H12Br2N2O3/c22-16-8-11(9-17(23)20(16)27)7-15-14-10-13(1-2-18(14)25-21(15)28)19(26)12-3-5-24-6-4-12/h1-10,27H,(H,25,28). The number of nitrogens with zero attached hydrogens (tertiary/aromatic N) is 1. The summed E-state index contributed by atoms with van der Waals surface area (Å²) < 4.78 is 1.02. The van der Waals surface area contributed by atoms with E-state index < -0.39 is 0 Å². The fourth-order valence-electron chi connectivity index (χ4n) is 2.98. The van der Waals surface area contributed by atoms with Gasteiger partial charge in [-0.1, -0.05) is 0 Å². The van der Waals surface area contributed by atoms with Crippen molar-refractivity contribution in [3.8, 4) is 5.75 Å². The smallest absolute Gasteiger partial charge is 0.256 e. The van der Waals surface area contributed by atoms with Gasteiger partial charge in [-0.2, -0.15) is 0 Å². The van der Waals surface area contributed by atoms with Crippen LogP contribution in [0.4, 0.5) is 5.69 Å². The number of carbonyl (C=O) groups is 2. The van der Waals surface area contributed by atoms with Gasteiger partial charge in [0.2, 0.25) is 0 Å². The van der Waals surface area contributed by atoms with Gasteiger partial charge in [0.15, 0.2) is 5.78 Å². The number of phenols is 1. The van der Waals surface area contributed by atoms with Crippen molar-refractivity contribution in [1.29, 1.82) is 0 Å². The second-order valence-electron chi connectivity index (χ2n) is 6.17. The number of aromatic nitrogens is 1. The van der Waals surface area contributed by atoms with Gasteiger partial charge >= 0.3 is 0 Å². The van der Waals surface area contributed by atoms with E-state index in [1.165, 1.54) is 0 Å². The lowest BCUT2D eigenvalue weighted by Crippen LogP contribution is -2.03. The van der Waals surface area contributed by atoms with Crippen LogP contribution in [0.15, 0.2) is 63.8 Å². The molecule has 1 aliphatic heterocycles. The molecule has 5 nitrogen and oxygen atoms in total. The second kappa shape index (κ2) is 7.33. The van der Waals surface area contributed by atoms with E-state index in [1.807, 2.05) is 0 Å². The van der Waals surface area contributed by atoms with Crippen LogP contribution in [0.25, 0.3) is 11.6 Å². The highest BCUT2D eigenvalue weighted by atomic mass is 79.9. The average molecular weight is 500 g/mol. The zero-order valence-corrected chi connectivity index (χ0v) is 17.4. The number of carbonyl (C=O) groups excluding carboxylic acids is 2. The van der Waals surface area contributed by atoms with Gasteiger partial charge < -0.3 is 10.4 Å². The largest absolute Gasteiger partial charge is 0.506 e. The Morgan fingerprint density at radius 2 is 1.68 bits per heavy atom. The molecular formula is C21H12Br2N2O3. The minimum absolute atomic E-state index is 0.0867. The summed E-state index contributed by atoms with van der Waals surface area (Å²) in [5, 5.41) is 12.7. The molecule has 0 spiro atoms. The van der Waals surface area contributed by atoms with Gasteiger partial charge in [-0.05, 0) is 86.0 Å². The first kappa shape index (κ1) is 18.6. The van der Waals surface area contributed by atoms with E-state index >= 15 is 0 Å². The normalized spacial score (nSPS) is 14.1. The number of phenolic OH excluding ortho intramolecular Hbond substituents is 1.